The lowest BCUT2D eigenvalue weighted by molar-refractivity contribution is 0.631. The van der Waals surface area contributed by atoms with Crippen LogP contribution in [0, 0.1) is 0 Å². The quantitative estimate of drug-likeness (QED) is 0.184. The highest BCUT2D eigenvalue weighted by Crippen LogP contribution is 2.45. The first kappa shape index (κ1) is 27.4. The van der Waals surface area contributed by atoms with Gasteiger partial charge >= 0.3 is 0 Å². The SMILES string of the molecule is c1ccc(-c2ccc(-c3ccccc3N(c3ccc(-c4ccccc4)cc3)c3ccccc3-c3cc4ccccc4o3)cc2)cc1. The number of fused-ring (bicyclic) bond motifs is 1. The van der Waals surface area contributed by atoms with Crippen molar-refractivity contribution in [2.45, 2.75) is 0 Å². The van der Waals surface area contributed by atoms with Gasteiger partial charge in [0.15, 0.2) is 0 Å². The van der Waals surface area contributed by atoms with E-state index in [4.69, 9.17) is 4.42 Å². The maximum absolute atomic E-state index is 6.44. The minimum atomic E-state index is 0.840. The fourth-order valence-corrected chi connectivity index (χ4v) is 6.22. The van der Waals surface area contributed by atoms with Gasteiger partial charge in [0.2, 0.25) is 0 Å². The van der Waals surface area contributed by atoms with Crippen molar-refractivity contribution in [2.75, 3.05) is 4.90 Å². The molecule has 0 aliphatic heterocycles. The summed E-state index contributed by atoms with van der Waals surface area (Å²) in [4.78, 5) is 2.36. The molecule has 0 amide bonds. The topological polar surface area (TPSA) is 16.4 Å². The summed E-state index contributed by atoms with van der Waals surface area (Å²) in [6, 6.07) is 66.2. The molecule has 0 fully saturated rings. The molecule has 0 saturated heterocycles. The van der Waals surface area contributed by atoms with Gasteiger partial charge in [0.25, 0.3) is 0 Å². The van der Waals surface area contributed by atoms with Gasteiger partial charge in [-0.3, -0.25) is 0 Å². The van der Waals surface area contributed by atoms with Crippen LogP contribution in [-0.4, -0.2) is 0 Å². The largest absolute Gasteiger partial charge is 0.456 e. The fourth-order valence-electron chi connectivity index (χ4n) is 6.22. The van der Waals surface area contributed by atoms with E-state index >= 15 is 0 Å². The molecule has 0 saturated carbocycles. The average molecular weight is 590 g/mol. The van der Waals surface area contributed by atoms with E-state index in [1.807, 2.05) is 18.2 Å². The van der Waals surface area contributed by atoms with Gasteiger partial charge in [0, 0.05) is 22.2 Å². The molecule has 218 valence electrons. The van der Waals surface area contributed by atoms with E-state index in [0.717, 1.165) is 50.5 Å². The molecule has 2 nitrogen and oxygen atoms in total. The van der Waals surface area contributed by atoms with Gasteiger partial charge in [-0.15, -0.1) is 0 Å². The second-order valence-electron chi connectivity index (χ2n) is 11.4. The molecule has 0 unspecified atom stereocenters. The zero-order valence-corrected chi connectivity index (χ0v) is 25.3. The number of hydrogen-bond acceptors (Lipinski definition) is 2. The Morgan fingerprint density at radius 1 is 0.348 bits per heavy atom. The average Bonchev–Trinajstić information content (AvgIpc) is 3.58. The first-order chi connectivity index (χ1) is 22.8. The molecular weight excluding hydrogens is 558 g/mol. The highest BCUT2D eigenvalue weighted by Gasteiger charge is 2.21. The Hall–Kier alpha value is -6.12. The zero-order valence-electron chi connectivity index (χ0n) is 25.3. The van der Waals surface area contributed by atoms with Crippen LogP contribution in [0.2, 0.25) is 0 Å². The zero-order chi connectivity index (χ0) is 30.7. The van der Waals surface area contributed by atoms with E-state index in [9.17, 15) is 0 Å². The van der Waals surface area contributed by atoms with Crippen LogP contribution in [-0.2, 0) is 0 Å². The van der Waals surface area contributed by atoms with Crippen LogP contribution >= 0.6 is 0 Å². The number of rotatable bonds is 7. The number of anilines is 3. The molecule has 0 N–H and O–H groups in total. The van der Waals surface area contributed by atoms with Crippen molar-refractivity contribution in [1.82, 2.24) is 0 Å². The Labute approximate surface area is 269 Å². The number of hydrogen-bond donors (Lipinski definition) is 0. The smallest absolute Gasteiger partial charge is 0.137 e. The third-order valence-electron chi connectivity index (χ3n) is 8.52. The highest BCUT2D eigenvalue weighted by atomic mass is 16.3. The van der Waals surface area contributed by atoms with E-state index in [2.05, 4.69) is 175 Å². The molecule has 7 aromatic carbocycles. The molecular formula is C44H31NO. The third kappa shape index (κ3) is 5.27. The summed E-state index contributed by atoms with van der Waals surface area (Å²) in [5.41, 5.74) is 12.2. The van der Waals surface area contributed by atoms with E-state index in [1.54, 1.807) is 0 Å². The second-order valence-corrected chi connectivity index (χ2v) is 11.4. The predicted molar refractivity (Wildman–Crippen MR) is 193 cm³/mol. The van der Waals surface area contributed by atoms with Crippen molar-refractivity contribution < 1.29 is 4.42 Å². The molecule has 1 heterocycles. The summed E-state index contributed by atoms with van der Waals surface area (Å²) in [6.45, 7) is 0. The fraction of sp³-hybridized carbons (Fsp3) is 0. The van der Waals surface area contributed by atoms with Gasteiger partial charge < -0.3 is 9.32 Å². The molecule has 0 atom stereocenters. The first-order valence-electron chi connectivity index (χ1n) is 15.6. The van der Waals surface area contributed by atoms with Crippen LogP contribution in [0.1, 0.15) is 0 Å². The lowest BCUT2D eigenvalue weighted by Crippen LogP contribution is -2.12. The lowest BCUT2D eigenvalue weighted by atomic mass is 9.97. The third-order valence-corrected chi connectivity index (χ3v) is 8.52. The number of nitrogens with zero attached hydrogens (tertiary/aromatic N) is 1. The van der Waals surface area contributed by atoms with Crippen LogP contribution in [0.5, 0.6) is 0 Å². The van der Waals surface area contributed by atoms with Crippen molar-refractivity contribution in [1.29, 1.82) is 0 Å². The van der Waals surface area contributed by atoms with Crippen molar-refractivity contribution in [3.8, 4) is 44.7 Å². The van der Waals surface area contributed by atoms with E-state index in [0.29, 0.717) is 0 Å². The highest BCUT2D eigenvalue weighted by molar-refractivity contribution is 5.95. The Morgan fingerprint density at radius 3 is 1.43 bits per heavy atom. The summed E-state index contributed by atoms with van der Waals surface area (Å²) >= 11 is 0. The summed E-state index contributed by atoms with van der Waals surface area (Å²) < 4.78 is 6.44. The summed E-state index contributed by atoms with van der Waals surface area (Å²) in [7, 11) is 0. The minimum absolute atomic E-state index is 0.840. The Bertz CT molecular complexity index is 2200. The monoisotopic (exact) mass is 589 g/mol. The standard InChI is InChI=1S/C44H31NO/c1-3-13-32(14-4-1)34-23-25-36(26-24-34)39-18-8-10-20-41(39)45(38-29-27-35(28-30-38)33-15-5-2-6-16-33)42-21-11-9-19-40(42)44-31-37-17-7-12-22-43(37)46-44/h1-31H. The normalized spacial score (nSPS) is 11.0. The van der Waals surface area contributed by atoms with Gasteiger partial charge in [-0.2, -0.15) is 0 Å². The van der Waals surface area contributed by atoms with Crippen molar-refractivity contribution in [2.24, 2.45) is 0 Å². The molecule has 0 spiro atoms. The molecule has 0 radical (unpaired) electrons. The van der Waals surface area contributed by atoms with Gasteiger partial charge in [0.05, 0.1) is 11.4 Å². The summed E-state index contributed by atoms with van der Waals surface area (Å²) in [5.74, 6) is 0.840. The molecule has 46 heavy (non-hydrogen) atoms. The van der Waals surface area contributed by atoms with Crippen LogP contribution in [0.3, 0.4) is 0 Å². The maximum atomic E-state index is 6.44. The van der Waals surface area contributed by atoms with Gasteiger partial charge in [-0.1, -0.05) is 146 Å². The molecule has 8 aromatic rings. The number of para-hydroxylation sites is 3. The number of benzene rings is 7. The van der Waals surface area contributed by atoms with Crippen LogP contribution in [0.15, 0.2) is 192 Å². The van der Waals surface area contributed by atoms with Crippen molar-refractivity contribution in [3.05, 3.63) is 188 Å². The molecule has 0 bridgehead atoms. The number of furan rings is 1. The van der Waals surface area contributed by atoms with Crippen LogP contribution < -0.4 is 4.90 Å². The minimum Gasteiger partial charge on any atom is -0.456 e. The van der Waals surface area contributed by atoms with Crippen LogP contribution in [0.4, 0.5) is 17.1 Å². The Kier molecular flexibility index (Phi) is 7.22. The van der Waals surface area contributed by atoms with E-state index < -0.39 is 0 Å². The predicted octanol–water partition coefficient (Wildman–Crippen LogP) is 12.6. The summed E-state index contributed by atoms with van der Waals surface area (Å²) in [6.07, 6.45) is 0. The van der Waals surface area contributed by atoms with Crippen LogP contribution in [0.25, 0.3) is 55.7 Å². The maximum Gasteiger partial charge on any atom is 0.137 e. The van der Waals surface area contributed by atoms with E-state index in [-0.39, 0.29) is 0 Å². The second kappa shape index (κ2) is 12.1. The van der Waals surface area contributed by atoms with E-state index in [1.165, 1.54) is 22.3 Å². The molecule has 1 aromatic heterocycles. The van der Waals surface area contributed by atoms with Gasteiger partial charge in [-0.25, -0.2) is 0 Å². The Balaban J connectivity index is 1.29. The van der Waals surface area contributed by atoms with Gasteiger partial charge in [-0.05, 0) is 70.3 Å². The molecule has 2 heteroatoms. The molecule has 0 aliphatic carbocycles. The molecule has 8 rings (SSSR count). The lowest BCUT2D eigenvalue weighted by Gasteiger charge is -2.29. The van der Waals surface area contributed by atoms with Crippen molar-refractivity contribution >= 4 is 28.0 Å². The molecule has 0 aliphatic rings. The first-order valence-corrected chi connectivity index (χ1v) is 15.6. The summed E-state index contributed by atoms with van der Waals surface area (Å²) in [5, 5.41) is 1.09. The Morgan fingerprint density at radius 2 is 0.804 bits per heavy atom. The van der Waals surface area contributed by atoms with Gasteiger partial charge in [0.1, 0.15) is 11.3 Å². The van der Waals surface area contributed by atoms with Crippen molar-refractivity contribution in [3.63, 3.8) is 0 Å².